The van der Waals surface area contributed by atoms with E-state index in [9.17, 15) is 4.79 Å². The van der Waals surface area contributed by atoms with Gasteiger partial charge < -0.3 is 14.8 Å². The van der Waals surface area contributed by atoms with Crippen LogP contribution in [0.5, 0.6) is 11.5 Å². The van der Waals surface area contributed by atoms with Crippen molar-refractivity contribution in [2.75, 3.05) is 13.2 Å². The van der Waals surface area contributed by atoms with Crippen molar-refractivity contribution in [3.05, 3.63) is 59.1 Å². The van der Waals surface area contributed by atoms with E-state index in [-0.39, 0.29) is 12.0 Å². The lowest BCUT2D eigenvalue weighted by molar-refractivity contribution is 0.0789. The highest BCUT2D eigenvalue weighted by atomic mass is 35.5. The molecule has 0 fully saturated rings. The maximum atomic E-state index is 12.1. The Labute approximate surface area is 127 Å². The third-order valence-electron chi connectivity index (χ3n) is 3.18. The Kier molecular flexibility index (Phi) is 3.97. The summed E-state index contributed by atoms with van der Waals surface area (Å²) >= 11 is 5.99. The number of ether oxygens (including phenoxy) is 2. The quantitative estimate of drug-likeness (QED) is 0.948. The van der Waals surface area contributed by atoms with Gasteiger partial charge in [0.25, 0.3) is 5.91 Å². The van der Waals surface area contributed by atoms with Gasteiger partial charge in [-0.15, -0.1) is 0 Å². The Morgan fingerprint density at radius 2 is 1.86 bits per heavy atom. The fourth-order valence-corrected chi connectivity index (χ4v) is 2.33. The lowest BCUT2D eigenvalue weighted by Gasteiger charge is -2.26. The molecule has 0 radical (unpaired) electrons. The third kappa shape index (κ3) is 3.11. The second-order valence-electron chi connectivity index (χ2n) is 4.69. The number of hydrogen-bond acceptors (Lipinski definition) is 3. The number of rotatable bonds is 3. The van der Waals surface area contributed by atoms with Gasteiger partial charge in [-0.2, -0.15) is 0 Å². The Morgan fingerprint density at radius 3 is 2.67 bits per heavy atom. The fourth-order valence-electron chi connectivity index (χ4n) is 2.11. The molecule has 1 aliphatic heterocycles. The largest absolute Gasteiger partial charge is 0.486 e. The molecule has 1 atom stereocenters. The standard InChI is InChI=1S/C16H14ClNO3/c17-13-6-2-1-5-12(13)16(19)18-9-11-10-20-14-7-3-4-8-15(14)21-11/h1-8,11H,9-10H2,(H,18,19). The van der Waals surface area contributed by atoms with Gasteiger partial charge >= 0.3 is 0 Å². The average molecular weight is 304 g/mol. The van der Waals surface area contributed by atoms with Crippen LogP contribution in [-0.4, -0.2) is 25.2 Å². The van der Waals surface area contributed by atoms with Crippen molar-refractivity contribution in [3.8, 4) is 11.5 Å². The molecular weight excluding hydrogens is 290 g/mol. The molecule has 0 saturated carbocycles. The number of nitrogens with one attached hydrogen (secondary N) is 1. The smallest absolute Gasteiger partial charge is 0.252 e. The molecule has 21 heavy (non-hydrogen) atoms. The molecule has 0 saturated heterocycles. The fraction of sp³-hybridized carbons (Fsp3) is 0.188. The van der Waals surface area contributed by atoms with E-state index in [1.165, 1.54) is 0 Å². The number of fused-ring (bicyclic) bond motifs is 1. The van der Waals surface area contributed by atoms with E-state index in [0.717, 1.165) is 5.75 Å². The van der Waals surface area contributed by atoms with E-state index < -0.39 is 0 Å². The minimum absolute atomic E-state index is 0.216. The van der Waals surface area contributed by atoms with Gasteiger partial charge in [0.05, 0.1) is 17.1 Å². The third-order valence-corrected chi connectivity index (χ3v) is 3.51. The maximum absolute atomic E-state index is 12.1. The Hall–Kier alpha value is -2.20. The molecule has 0 spiro atoms. The SMILES string of the molecule is O=C(NCC1COc2ccccc2O1)c1ccccc1Cl. The van der Waals surface area contributed by atoms with Crippen LogP contribution in [0, 0.1) is 0 Å². The van der Waals surface area contributed by atoms with Crippen molar-refractivity contribution in [2.24, 2.45) is 0 Å². The number of carbonyl (C=O) groups excluding carboxylic acids is 1. The van der Waals surface area contributed by atoms with Gasteiger partial charge in [-0.1, -0.05) is 35.9 Å². The zero-order valence-electron chi connectivity index (χ0n) is 11.2. The van der Waals surface area contributed by atoms with Gasteiger partial charge in [0.15, 0.2) is 11.5 Å². The van der Waals surface area contributed by atoms with Crippen LogP contribution >= 0.6 is 11.6 Å². The molecule has 1 N–H and O–H groups in total. The van der Waals surface area contributed by atoms with Crippen LogP contribution < -0.4 is 14.8 Å². The van der Waals surface area contributed by atoms with Gasteiger partial charge in [0.1, 0.15) is 12.7 Å². The normalized spacial score (nSPS) is 16.3. The van der Waals surface area contributed by atoms with Crippen molar-refractivity contribution in [3.63, 3.8) is 0 Å². The van der Waals surface area contributed by atoms with Crippen molar-refractivity contribution in [1.29, 1.82) is 0 Å². The zero-order valence-corrected chi connectivity index (χ0v) is 12.0. The van der Waals surface area contributed by atoms with E-state index in [2.05, 4.69) is 5.32 Å². The van der Waals surface area contributed by atoms with E-state index in [4.69, 9.17) is 21.1 Å². The van der Waals surface area contributed by atoms with Crippen molar-refractivity contribution in [1.82, 2.24) is 5.32 Å². The molecule has 1 heterocycles. The molecule has 108 valence electrons. The molecule has 1 amide bonds. The van der Waals surface area contributed by atoms with Gasteiger partial charge in [0, 0.05) is 0 Å². The number of para-hydroxylation sites is 2. The van der Waals surface area contributed by atoms with Crippen LogP contribution in [0.2, 0.25) is 5.02 Å². The van der Waals surface area contributed by atoms with E-state index in [1.54, 1.807) is 24.3 Å². The first-order valence-electron chi connectivity index (χ1n) is 6.65. The number of amides is 1. The Balaban J connectivity index is 1.59. The summed E-state index contributed by atoms with van der Waals surface area (Å²) in [6, 6.07) is 14.4. The first-order chi connectivity index (χ1) is 10.2. The van der Waals surface area contributed by atoms with E-state index >= 15 is 0 Å². The maximum Gasteiger partial charge on any atom is 0.252 e. The molecule has 4 nitrogen and oxygen atoms in total. The molecule has 1 unspecified atom stereocenters. The lowest BCUT2D eigenvalue weighted by atomic mass is 10.2. The van der Waals surface area contributed by atoms with Crippen LogP contribution in [0.25, 0.3) is 0 Å². The minimum atomic E-state index is -0.219. The molecule has 1 aliphatic rings. The van der Waals surface area contributed by atoms with Crippen LogP contribution in [0.1, 0.15) is 10.4 Å². The number of benzene rings is 2. The molecule has 2 aromatic rings. The second-order valence-corrected chi connectivity index (χ2v) is 5.09. The van der Waals surface area contributed by atoms with Crippen LogP contribution in [0.4, 0.5) is 0 Å². The van der Waals surface area contributed by atoms with E-state index in [0.29, 0.717) is 29.5 Å². The Bertz CT molecular complexity index is 659. The summed E-state index contributed by atoms with van der Waals surface area (Å²) in [5.74, 6) is 1.20. The van der Waals surface area contributed by atoms with Crippen molar-refractivity contribution in [2.45, 2.75) is 6.10 Å². The number of hydrogen-bond donors (Lipinski definition) is 1. The Morgan fingerprint density at radius 1 is 1.14 bits per heavy atom. The molecule has 0 aromatic heterocycles. The van der Waals surface area contributed by atoms with Crippen molar-refractivity contribution < 1.29 is 14.3 Å². The van der Waals surface area contributed by atoms with Gasteiger partial charge in [-0.3, -0.25) is 4.79 Å². The van der Waals surface area contributed by atoms with Crippen LogP contribution in [0.15, 0.2) is 48.5 Å². The lowest BCUT2D eigenvalue weighted by Crippen LogP contribution is -2.40. The average Bonchev–Trinajstić information content (AvgIpc) is 2.53. The highest BCUT2D eigenvalue weighted by Gasteiger charge is 2.21. The second kappa shape index (κ2) is 6.06. The molecule has 0 aliphatic carbocycles. The zero-order chi connectivity index (χ0) is 14.7. The minimum Gasteiger partial charge on any atom is -0.486 e. The molecule has 0 bridgehead atoms. The number of halogens is 1. The molecule has 3 rings (SSSR count). The summed E-state index contributed by atoms with van der Waals surface area (Å²) in [4.78, 5) is 12.1. The summed E-state index contributed by atoms with van der Waals surface area (Å²) in [7, 11) is 0. The first-order valence-corrected chi connectivity index (χ1v) is 7.03. The summed E-state index contributed by atoms with van der Waals surface area (Å²) in [6.45, 7) is 0.762. The predicted octanol–water partition coefficient (Wildman–Crippen LogP) is 2.91. The van der Waals surface area contributed by atoms with Crippen molar-refractivity contribution >= 4 is 17.5 Å². The summed E-state index contributed by atoms with van der Waals surface area (Å²) < 4.78 is 11.4. The molecule has 5 heteroatoms. The van der Waals surface area contributed by atoms with Crippen LogP contribution in [-0.2, 0) is 0 Å². The molecular formula is C16H14ClNO3. The summed E-state index contributed by atoms with van der Waals surface area (Å²) in [5.41, 5.74) is 0.455. The topological polar surface area (TPSA) is 47.6 Å². The van der Waals surface area contributed by atoms with Gasteiger partial charge in [-0.25, -0.2) is 0 Å². The molecule has 2 aromatic carbocycles. The van der Waals surface area contributed by atoms with E-state index in [1.807, 2.05) is 24.3 Å². The number of carbonyl (C=O) groups is 1. The highest BCUT2D eigenvalue weighted by molar-refractivity contribution is 6.33. The monoisotopic (exact) mass is 303 g/mol. The van der Waals surface area contributed by atoms with Gasteiger partial charge in [-0.05, 0) is 24.3 Å². The summed E-state index contributed by atoms with van der Waals surface area (Å²) in [5, 5.41) is 3.24. The first kappa shape index (κ1) is 13.8. The summed E-state index contributed by atoms with van der Waals surface area (Å²) in [6.07, 6.45) is -0.216. The highest BCUT2D eigenvalue weighted by Crippen LogP contribution is 2.30. The van der Waals surface area contributed by atoms with Gasteiger partial charge in [0.2, 0.25) is 0 Å². The van der Waals surface area contributed by atoms with Crippen LogP contribution in [0.3, 0.4) is 0 Å². The predicted molar refractivity (Wildman–Crippen MR) is 80.1 cm³/mol.